The van der Waals surface area contributed by atoms with Gasteiger partial charge in [-0.15, -0.1) is 0 Å². The minimum atomic E-state index is -4.29. The fraction of sp³-hybridized carbons (Fsp3) is 0.727. The van der Waals surface area contributed by atoms with Crippen LogP contribution in [0.2, 0.25) is 0 Å². The van der Waals surface area contributed by atoms with E-state index in [9.17, 15) is 13.2 Å². The van der Waals surface area contributed by atoms with Crippen LogP contribution in [0.4, 0.5) is 13.2 Å². The molecule has 1 aromatic rings. The summed E-state index contributed by atoms with van der Waals surface area (Å²) in [5.74, 6) is 0. The zero-order chi connectivity index (χ0) is 11.6. The van der Waals surface area contributed by atoms with Crippen LogP contribution in [0.5, 0.6) is 0 Å². The average Bonchev–Trinajstić information content (AvgIpc) is 2.55. The lowest BCUT2D eigenvalue weighted by atomic mass is 10.1. The van der Waals surface area contributed by atoms with E-state index in [1.165, 1.54) is 10.9 Å². The Bertz CT molecular complexity index is 335. The average molecular weight is 232 g/mol. The molecule has 1 aliphatic carbocycles. The highest BCUT2D eigenvalue weighted by molar-refractivity contribution is 5.06. The number of halogens is 3. The van der Waals surface area contributed by atoms with Crippen molar-refractivity contribution in [3.63, 3.8) is 0 Å². The predicted molar refractivity (Wildman–Crippen MR) is 54.0 cm³/mol. The van der Waals surface area contributed by atoms with E-state index in [2.05, 4.69) is 5.10 Å². The van der Waals surface area contributed by atoms with E-state index in [-0.39, 0.29) is 6.04 Å². The standard InChI is InChI=1S/C11H15F3N2/c12-11(13,14)10-7-8-15-16(10)9-5-3-1-2-4-6-9/h7-9H,1-6H2. The molecule has 2 nitrogen and oxygen atoms in total. The van der Waals surface area contributed by atoms with Gasteiger partial charge in [0, 0.05) is 6.20 Å². The van der Waals surface area contributed by atoms with Crippen molar-refractivity contribution in [2.45, 2.75) is 50.7 Å². The first-order valence-corrected chi connectivity index (χ1v) is 5.70. The molecule has 5 heteroatoms. The number of nitrogens with zero attached hydrogens (tertiary/aromatic N) is 2. The van der Waals surface area contributed by atoms with E-state index in [1.54, 1.807) is 0 Å². The summed E-state index contributed by atoms with van der Waals surface area (Å²) < 4.78 is 39.2. The third-order valence-corrected chi connectivity index (χ3v) is 3.13. The molecular formula is C11H15F3N2. The summed E-state index contributed by atoms with van der Waals surface area (Å²) in [7, 11) is 0. The van der Waals surface area contributed by atoms with Gasteiger partial charge in [0.25, 0.3) is 0 Å². The first-order chi connectivity index (χ1) is 7.59. The molecule has 0 aromatic carbocycles. The molecule has 0 unspecified atom stereocenters. The maximum Gasteiger partial charge on any atom is 0.433 e. The lowest BCUT2D eigenvalue weighted by Crippen LogP contribution is -2.19. The van der Waals surface area contributed by atoms with Crippen LogP contribution in [0.15, 0.2) is 12.3 Å². The maximum atomic E-state index is 12.7. The van der Waals surface area contributed by atoms with Gasteiger partial charge in [-0.25, -0.2) is 0 Å². The predicted octanol–water partition coefficient (Wildman–Crippen LogP) is 3.80. The molecule has 16 heavy (non-hydrogen) atoms. The van der Waals surface area contributed by atoms with Crippen molar-refractivity contribution in [3.05, 3.63) is 18.0 Å². The van der Waals surface area contributed by atoms with Crippen molar-refractivity contribution >= 4 is 0 Å². The molecule has 1 fully saturated rings. The highest BCUT2D eigenvalue weighted by atomic mass is 19.4. The Morgan fingerprint density at radius 2 is 1.75 bits per heavy atom. The van der Waals surface area contributed by atoms with Gasteiger partial charge in [0.2, 0.25) is 0 Å². The molecule has 1 saturated carbocycles. The third kappa shape index (κ3) is 2.39. The molecule has 0 spiro atoms. The van der Waals surface area contributed by atoms with Crippen molar-refractivity contribution in [1.82, 2.24) is 9.78 Å². The summed E-state index contributed by atoms with van der Waals surface area (Å²) in [4.78, 5) is 0. The van der Waals surface area contributed by atoms with Crippen molar-refractivity contribution in [1.29, 1.82) is 0 Å². The van der Waals surface area contributed by atoms with Crippen LogP contribution < -0.4 is 0 Å². The molecule has 90 valence electrons. The number of alkyl halides is 3. The van der Waals surface area contributed by atoms with E-state index < -0.39 is 11.9 Å². The second-order valence-electron chi connectivity index (χ2n) is 4.30. The number of hydrogen-bond donors (Lipinski definition) is 0. The SMILES string of the molecule is FC(F)(F)c1ccnn1C1CCCCCC1. The molecule has 1 aliphatic rings. The fourth-order valence-electron chi connectivity index (χ4n) is 2.33. The lowest BCUT2D eigenvalue weighted by molar-refractivity contribution is -0.145. The molecule has 0 amide bonds. The minimum absolute atomic E-state index is 0.0749. The van der Waals surface area contributed by atoms with Crippen molar-refractivity contribution < 1.29 is 13.2 Å². The van der Waals surface area contributed by atoms with Gasteiger partial charge >= 0.3 is 6.18 Å². The van der Waals surface area contributed by atoms with Gasteiger partial charge in [-0.3, -0.25) is 4.68 Å². The lowest BCUT2D eigenvalue weighted by Gasteiger charge is -2.19. The Morgan fingerprint density at radius 1 is 1.12 bits per heavy atom. The molecule has 0 saturated heterocycles. The zero-order valence-electron chi connectivity index (χ0n) is 9.00. The van der Waals surface area contributed by atoms with Crippen LogP contribution in [0.3, 0.4) is 0 Å². The first kappa shape index (κ1) is 11.5. The molecule has 0 bridgehead atoms. The summed E-state index contributed by atoms with van der Waals surface area (Å²) in [6.07, 6.45) is 2.83. The largest absolute Gasteiger partial charge is 0.433 e. The second kappa shape index (κ2) is 4.47. The van der Waals surface area contributed by atoms with Crippen molar-refractivity contribution in [2.75, 3.05) is 0 Å². The van der Waals surface area contributed by atoms with Gasteiger partial charge in [-0.1, -0.05) is 25.7 Å². The maximum absolute atomic E-state index is 12.7. The van der Waals surface area contributed by atoms with Crippen molar-refractivity contribution in [2.24, 2.45) is 0 Å². The van der Waals surface area contributed by atoms with Crippen LogP contribution in [0.1, 0.15) is 50.3 Å². The van der Waals surface area contributed by atoms with Crippen molar-refractivity contribution in [3.8, 4) is 0 Å². The fourth-order valence-corrected chi connectivity index (χ4v) is 2.33. The smallest absolute Gasteiger partial charge is 0.257 e. The van der Waals surface area contributed by atoms with Crippen LogP contribution in [0.25, 0.3) is 0 Å². The van der Waals surface area contributed by atoms with E-state index in [0.717, 1.165) is 44.6 Å². The highest BCUT2D eigenvalue weighted by Gasteiger charge is 2.36. The topological polar surface area (TPSA) is 17.8 Å². The first-order valence-electron chi connectivity index (χ1n) is 5.70. The van der Waals surface area contributed by atoms with Gasteiger partial charge in [0.05, 0.1) is 6.04 Å². The van der Waals surface area contributed by atoms with Gasteiger partial charge in [-0.05, 0) is 18.9 Å². The van der Waals surface area contributed by atoms with Crippen LogP contribution >= 0.6 is 0 Å². The Labute approximate surface area is 92.4 Å². The Kier molecular flexibility index (Phi) is 3.21. The Hall–Kier alpha value is -1.00. The summed E-state index contributed by atoms with van der Waals surface area (Å²) in [6.45, 7) is 0. The number of hydrogen-bond acceptors (Lipinski definition) is 1. The van der Waals surface area contributed by atoms with E-state index >= 15 is 0 Å². The monoisotopic (exact) mass is 232 g/mol. The molecule has 1 heterocycles. The van der Waals surface area contributed by atoms with Gasteiger partial charge in [-0.2, -0.15) is 18.3 Å². The van der Waals surface area contributed by atoms with Crippen LogP contribution in [0, 0.1) is 0 Å². The van der Waals surface area contributed by atoms with Crippen LogP contribution in [-0.4, -0.2) is 9.78 Å². The molecule has 1 aromatic heterocycles. The van der Waals surface area contributed by atoms with Gasteiger partial charge < -0.3 is 0 Å². The van der Waals surface area contributed by atoms with E-state index in [1.807, 2.05) is 0 Å². The van der Waals surface area contributed by atoms with E-state index in [4.69, 9.17) is 0 Å². The molecule has 0 radical (unpaired) electrons. The summed E-state index contributed by atoms with van der Waals surface area (Å²) in [5.41, 5.74) is -0.612. The Morgan fingerprint density at radius 3 is 2.31 bits per heavy atom. The quantitative estimate of drug-likeness (QED) is 0.673. The summed E-state index contributed by atoms with van der Waals surface area (Å²) in [5, 5.41) is 3.84. The minimum Gasteiger partial charge on any atom is -0.257 e. The zero-order valence-corrected chi connectivity index (χ0v) is 9.00. The van der Waals surface area contributed by atoms with Crippen LogP contribution in [-0.2, 0) is 6.18 Å². The summed E-state index contributed by atoms with van der Waals surface area (Å²) in [6, 6.07) is 0.986. The third-order valence-electron chi connectivity index (χ3n) is 3.13. The molecule has 2 rings (SSSR count). The second-order valence-corrected chi connectivity index (χ2v) is 4.30. The highest BCUT2D eigenvalue weighted by Crippen LogP contribution is 2.34. The van der Waals surface area contributed by atoms with Gasteiger partial charge in [0.15, 0.2) is 0 Å². The molecule has 0 aliphatic heterocycles. The number of rotatable bonds is 1. The molecule has 0 atom stereocenters. The summed E-state index contributed by atoms with van der Waals surface area (Å²) >= 11 is 0. The molecule has 0 N–H and O–H groups in total. The molecular weight excluding hydrogens is 217 g/mol. The van der Waals surface area contributed by atoms with Gasteiger partial charge in [0.1, 0.15) is 5.69 Å². The number of aromatic nitrogens is 2. The Balaban J connectivity index is 2.22. The normalized spacial score (nSPS) is 19.7. The van der Waals surface area contributed by atoms with E-state index in [0.29, 0.717) is 0 Å².